The number of carbonyl (C=O) groups is 3. The maximum atomic E-state index is 12.1. The number of nitrogens with one attached hydrogen (secondary N) is 1. The van der Waals surface area contributed by atoms with Crippen LogP contribution >= 0.6 is 11.3 Å². The number of nitrogens with zero attached hydrogens (tertiary/aromatic N) is 1. The maximum Gasteiger partial charge on any atom is 0.345 e. The van der Waals surface area contributed by atoms with E-state index in [0.29, 0.717) is 18.0 Å². The second kappa shape index (κ2) is 5.40. The van der Waals surface area contributed by atoms with Gasteiger partial charge in [-0.15, -0.1) is 11.3 Å². The van der Waals surface area contributed by atoms with Gasteiger partial charge in [0, 0.05) is 26.1 Å². The van der Waals surface area contributed by atoms with E-state index in [4.69, 9.17) is 5.11 Å². The van der Waals surface area contributed by atoms with Crippen molar-refractivity contribution < 1.29 is 19.5 Å². The molecule has 1 aliphatic heterocycles. The zero-order valence-electron chi connectivity index (χ0n) is 10.4. The Hall–Kier alpha value is -1.89. The summed E-state index contributed by atoms with van der Waals surface area (Å²) in [5.74, 6) is -1.31. The highest BCUT2D eigenvalue weighted by Gasteiger charge is 2.28. The van der Waals surface area contributed by atoms with E-state index >= 15 is 0 Å². The second-order valence-electron chi connectivity index (χ2n) is 4.41. The summed E-state index contributed by atoms with van der Waals surface area (Å²) in [6.45, 7) is 2.49. The average molecular weight is 282 g/mol. The highest BCUT2D eigenvalue weighted by Crippen LogP contribution is 2.20. The first-order valence-corrected chi connectivity index (χ1v) is 6.68. The molecule has 2 rings (SSSR count). The molecule has 0 saturated carbocycles. The van der Waals surface area contributed by atoms with E-state index in [1.165, 1.54) is 19.1 Å². The average Bonchev–Trinajstić information content (AvgIpc) is 2.95. The lowest BCUT2D eigenvalue weighted by Crippen LogP contribution is -2.37. The van der Waals surface area contributed by atoms with Crippen LogP contribution in [0.5, 0.6) is 0 Å². The number of hydrogen-bond donors (Lipinski definition) is 2. The zero-order valence-corrected chi connectivity index (χ0v) is 11.2. The van der Waals surface area contributed by atoms with Gasteiger partial charge in [0.1, 0.15) is 4.88 Å². The summed E-state index contributed by atoms with van der Waals surface area (Å²) in [4.78, 5) is 36.1. The predicted molar refractivity (Wildman–Crippen MR) is 69.4 cm³/mol. The Morgan fingerprint density at radius 1 is 1.37 bits per heavy atom. The fraction of sp³-hybridized carbons (Fsp3) is 0.417. The molecule has 1 aromatic heterocycles. The minimum absolute atomic E-state index is 0.0136. The van der Waals surface area contributed by atoms with Crippen LogP contribution in [0.4, 0.5) is 0 Å². The lowest BCUT2D eigenvalue weighted by molar-refractivity contribution is -0.119. The molecule has 0 radical (unpaired) electrons. The Bertz CT molecular complexity index is 526. The summed E-state index contributed by atoms with van der Waals surface area (Å²) in [5, 5.41) is 11.6. The molecule has 0 aromatic carbocycles. The number of thiophene rings is 1. The monoisotopic (exact) mass is 282 g/mol. The van der Waals surface area contributed by atoms with Crippen molar-refractivity contribution in [2.45, 2.75) is 19.4 Å². The summed E-state index contributed by atoms with van der Waals surface area (Å²) in [7, 11) is 0. The van der Waals surface area contributed by atoms with Gasteiger partial charge in [-0.3, -0.25) is 9.59 Å². The molecule has 1 saturated heterocycles. The molecule has 1 fully saturated rings. The number of carbonyl (C=O) groups excluding carboxylic acids is 2. The van der Waals surface area contributed by atoms with Crippen molar-refractivity contribution in [1.82, 2.24) is 10.2 Å². The molecule has 102 valence electrons. The molecule has 0 aliphatic carbocycles. The van der Waals surface area contributed by atoms with E-state index in [1.807, 2.05) is 0 Å². The summed E-state index contributed by atoms with van der Waals surface area (Å²) in [6.07, 6.45) is 0.725. The first-order valence-electron chi connectivity index (χ1n) is 5.87. The molecule has 7 heteroatoms. The van der Waals surface area contributed by atoms with Crippen LogP contribution in [0, 0.1) is 0 Å². The van der Waals surface area contributed by atoms with E-state index < -0.39 is 5.97 Å². The van der Waals surface area contributed by atoms with E-state index in [9.17, 15) is 14.4 Å². The van der Waals surface area contributed by atoms with Crippen LogP contribution in [0.3, 0.4) is 0 Å². The summed E-state index contributed by atoms with van der Waals surface area (Å²) in [6, 6.07) is 2.95. The second-order valence-corrected chi connectivity index (χ2v) is 5.49. The Balaban J connectivity index is 2.00. The third-order valence-electron chi connectivity index (χ3n) is 2.91. The van der Waals surface area contributed by atoms with E-state index in [1.54, 1.807) is 4.90 Å². The van der Waals surface area contributed by atoms with Crippen molar-refractivity contribution in [3.05, 3.63) is 21.9 Å². The highest BCUT2D eigenvalue weighted by molar-refractivity contribution is 7.15. The standard InChI is InChI=1S/C12H14N2O4S/c1-7(15)13-8-4-5-14(6-8)11(16)9-2-3-10(19-9)12(17)18/h2-3,8H,4-6H2,1H3,(H,13,15)(H,17,18). The number of amides is 2. The van der Waals surface area contributed by atoms with Gasteiger partial charge in [0.15, 0.2) is 0 Å². The van der Waals surface area contributed by atoms with Gasteiger partial charge in [0.05, 0.1) is 4.88 Å². The van der Waals surface area contributed by atoms with Gasteiger partial charge < -0.3 is 15.3 Å². The van der Waals surface area contributed by atoms with Crippen LogP contribution in [0.2, 0.25) is 0 Å². The molecule has 1 unspecified atom stereocenters. The number of carboxylic acids is 1. The van der Waals surface area contributed by atoms with Gasteiger partial charge in [-0.2, -0.15) is 0 Å². The number of rotatable bonds is 3. The Morgan fingerprint density at radius 2 is 2.05 bits per heavy atom. The minimum Gasteiger partial charge on any atom is -0.477 e. The van der Waals surface area contributed by atoms with Crippen molar-refractivity contribution >= 4 is 29.1 Å². The molecule has 2 amide bonds. The molecule has 0 spiro atoms. The molecule has 2 N–H and O–H groups in total. The van der Waals surface area contributed by atoms with E-state index in [2.05, 4.69) is 5.32 Å². The molecular weight excluding hydrogens is 268 g/mol. The number of hydrogen-bond acceptors (Lipinski definition) is 4. The Morgan fingerprint density at radius 3 is 2.63 bits per heavy atom. The largest absolute Gasteiger partial charge is 0.477 e. The molecule has 1 aromatic rings. The minimum atomic E-state index is -1.03. The molecule has 2 heterocycles. The molecule has 1 atom stereocenters. The van der Waals surface area contributed by atoms with Crippen molar-refractivity contribution in [2.75, 3.05) is 13.1 Å². The molecule has 0 bridgehead atoms. The lowest BCUT2D eigenvalue weighted by atomic mass is 10.2. The number of likely N-dealkylation sites (tertiary alicyclic amines) is 1. The fourth-order valence-electron chi connectivity index (χ4n) is 2.07. The van der Waals surface area contributed by atoms with Gasteiger partial charge >= 0.3 is 5.97 Å². The molecular formula is C12H14N2O4S. The number of aromatic carboxylic acids is 1. The van der Waals surface area contributed by atoms with E-state index in [-0.39, 0.29) is 22.7 Å². The third-order valence-corrected chi connectivity index (χ3v) is 3.97. The SMILES string of the molecule is CC(=O)NC1CCN(C(=O)c2ccc(C(=O)O)s2)C1. The van der Waals surface area contributed by atoms with Crippen molar-refractivity contribution in [3.8, 4) is 0 Å². The predicted octanol–water partition coefficient (Wildman–Crippen LogP) is 0.797. The molecule has 6 nitrogen and oxygen atoms in total. The maximum absolute atomic E-state index is 12.1. The lowest BCUT2D eigenvalue weighted by Gasteiger charge is -2.15. The first kappa shape index (κ1) is 13.5. The van der Waals surface area contributed by atoms with E-state index in [0.717, 1.165) is 17.8 Å². The van der Waals surface area contributed by atoms with Crippen LogP contribution in [0.25, 0.3) is 0 Å². The highest BCUT2D eigenvalue weighted by atomic mass is 32.1. The summed E-state index contributed by atoms with van der Waals surface area (Å²) in [5.41, 5.74) is 0. The topological polar surface area (TPSA) is 86.7 Å². The normalized spacial score (nSPS) is 18.4. The van der Waals surface area contributed by atoms with Crippen molar-refractivity contribution in [3.63, 3.8) is 0 Å². The summed E-state index contributed by atoms with van der Waals surface area (Å²) < 4.78 is 0. The Kier molecular flexibility index (Phi) is 3.84. The van der Waals surface area contributed by atoms with Crippen LogP contribution in [-0.2, 0) is 4.79 Å². The van der Waals surface area contributed by atoms with Gasteiger partial charge in [-0.25, -0.2) is 4.79 Å². The van der Waals surface area contributed by atoms with Crippen LogP contribution in [0.1, 0.15) is 32.7 Å². The van der Waals surface area contributed by atoms with Gasteiger partial charge in [0.2, 0.25) is 5.91 Å². The fourth-order valence-corrected chi connectivity index (χ4v) is 2.89. The van der Waals surface area contributed by atoms with Crippen LogP contribution < -0.4 is 5.32 Å². The van der Waals surface area contributed by atoms with Crippen molar-refractivity contribution in [1.29, 1.82) is 0 Å². The molecule has 19 heavy (non-hydrogen) atoms. The summed E-state index contributed by atoms with van der Waals surface area (Å²) >= 11 is 0.973. The molecule has 1 aliphatic rings. The van der Waals surface area contributed by atoms with Gasteiger partial charge in [-0.1, -0.05) is 0 Å². The smallest absolute Gasteiger partial charge is 0.345 e. The third kappa shape index (κ3) is 3.11. The quantitative estimate of drug-likeness (QED) is 0.858. The number of carboxylic acid groups (broad SMARTS) is 1. The van der Waals surface area contributed by atoms with Crippen LogP contribution in [0.15, 0.2) is 12.1 Å². The van der Waals surface area contributed by atoms with Crippen molar-refractivity contribution in [2.24, 2.45) is 0 Å². The first-order chi connectivity index (χ1) is 8.97. The Labute approximate surface area is 114 Å². The zero-order chi connectivity index (χ0) is 14.0. The van der Waals surface area contributed by atoms with Gasteiger partial charge in [0.25, 0.3) is 5.91 Å². The van der Waals surface area contributed by atoms with Gasteiger partial charge in [-0.05, 0) is 18.6 Å². The van der Waals surface area contributed by atoms with Crippen LogP contribution in [-0.4, -0.2) is 46.9 Å².